The number of halogens is 2. The molecule has 208 valence electrons. The number of hydrogen-bond donors (Lipinski definition) is 2. The van der Waals surface area contributed by atoms with Gasteiger partial charge in [-0.2, -0.15) is 0 Å². The van der Waals surface area contributed by atoms with Crippen molar-refractivity contribution in [3.63, 3.8) is 0 Å². The Bertz CT molecular complexity index is 1410. The minimum atomic E-state index is -2.62. The average molecular weight is 556 g/mol. The van der Waals surface area contributed by atoms with Crippen LogP contribution in [0.2, 0.25) is 0 Å². The van der Waals surface area contributed by atoms with Gasteiger partial charge in [-0.05, 0) is 61.1 Å². The molecule has 1 spiro atoms. The number of imidazole rings is 1. The van der Waals surface area contributed by atoms with Crippen LogP contribution in [0.15, 0.2) is 43.0 Å². The minimum Gasteiger partial charge on any atom is -0.338 e. The number of alkyl halides is 2. The molecule has 39 heavy (non-hydrogen) atoms. The number of likely N-dealkylation sites (tertiary alicyclic amines) is 1. The Morgan fingerprint density at radius 2 is 1.95 bits per heavy atom. The van der Waals surface area contributed by atoms with Crippen LogP contribution in [-0.2, 0) is 11.3 Å². The predicted molar refractivity (Wildman–Crippen MR) is 150 cm³/mol. The molecule has 3 aromatic rings. The van der Waals surface area contributed by atoms with Gasteiger partial charge in [0.05, 0.1) is 20.8 Å². The number of nitrogens with zero attached hydrogens (tertiary/aromatic N) is 3. The second-order valence-electron chi connectivity index (χ2n) is 12.0. The van der Waals surface area contributed by atoms with Crippen molar-refractivity contribution in [3.8, 4) is 0 Å². The number of carbonyl (C=O) groups excluding carboxylic acids is 2. The van der Waals surface area contributed by atoms with Gasteiger partial charge in [0.2, 0.25) is 11.9 Å². The number of hydrogen-bond acceptors (Lipinski definition) is 5. The van der Waals surface area contributed by atoms with E-state index in [0.29, 0.717) is 31.6 Å². The number of fused-ring (bicyclic) bond motifs is 1. The minimum absolute atomic E-state index is 0.0499. The van der Waals surface area contributed by atoms with Gasteiger partial charge in [0, 0.05) is 37.1 Å². The molecule has 1 aliphatic carbocycles. The number of anilines is 1. The summed E-state index contributed by atoms with van der Waals surface area (Å²) in [5.41, 5.74) is 2.97. The molecule has 3 heterocycles. The van der Waals surface area contributed by atoms with Crippen LogP contribution in [0.1, 0.15) is 73.1 Å². The standard InChI is InChI=1S/C29H35F2N5O2S/c1-6-24(37)35-15-29(16-35)12-19(13-29)36-21-8-7-18(14-32-17(2)28(3,4)5)11-20(21)33-27(36)34-26(38)23-10-9-22(39-23)25(30)31/h6-11,17,19,25,32H,1,12-16H2,2-5H3,(H,33,34,38)/t17-/m0/s1. The number of rotatable bonds is 8. The molecule has 2 amide bonds. The van der Waals surface area contributed by atoms with Gasteiger partial charge in [-0.3, -0.25) is 14.9 Å². The van der Waals surface area contributed by atoms with Gasteiger partial charge in [0.1, 0.15) is 0 Å². The van der Waals surface area contributed by atoms with Crippen molar-refractivity contribution >= 4 is 40.1 Å². The van der Waals surface area contributed by atoms with Crippen LogP contribution in [0.4, 0.5) is 14.7 Å². The first-order chi connectivity index (χ1) is 18.4. The lowest BCUT2D eigenvalue weighted by Crippen LogP contribution is -2.63. The molecular weight excluding hydrogens is 520 g/mol. The summed E-state index contributed by atoms with van der Waals surface area (Å²) >= 11 is 0.787. The quantitative estimate of drug-likeness (QED) is 0.326. The molecule has 1 saturated heterocycles. The zero-order chi connectivity index (χ0) is 28.1. The molecule has 1 aliphatic heterocycles. The fourth-order valence-electron chi connectivity index (χ4n) is 5.47. The maximum atomic E-state index is 13.1. The summed E-state index contributed by atoms with van der Waals surface area (Å²) in [5, 5.41) is 6.47. The molecular formula is C29H35F2N5O2S. The van der Waals surface area contributed by atoms with E-state index in [-0.39, 0.29) is 32.5 Å². The molecule has 0 bridgehead atoms. The predicted octanol–water partition coefficient (Wildman–Crippen LogP) is 6.16. The summed E-state index contributed by atoms with van der Waals surface area (Å²) in [5.74, 6) is -0.0933. The van der Waals surface area contributed by atoms with Gasteiger partial charge in [0.25, 0.3) is 12.3 Å². The summed E-state index contributed by atoms with van der Waals surface area (Å²) in [6, 6.07) is 9.27. The van der Waals surface area contributed by atoms with E-state index >= 15 is 0 Å². The van der Waals surface area contributed by atoms with Crippen LogP contribution in [0.25, 0.3) is 11.0 Å². The first-order valence-electron chi connectivity index (χ1n) is 13.2. The lowest BCUT2D eigenvalue weighted by atomic mass is 9.60. The molecule has 1 saturated carbocycles. The van der Waals surface area contributed by atoms with Crippen molar-refractivity contribution in [2.45, 2.75) is 65.6 Å². The number of benzene rings is 1. The third-order valence-electron chi connectivity index (χ3n) is 8.20. The number of amides is 2. The molecule has 10 heteroatoms. The Kier molecular flexibility index (Phi) is 7.13. The van der Waals surface area contributed by atoms with Crippen LogP contribution in [0, 0.1) is 10.8 Å². The third kappa shape index (κ3) is 5.36. The van der Waals surface area contributed by atoms with Crippen molar-refractivity contribution in [1.82, 2.24) is 19.8 Å². The Balaban J connectivity index is 1.39. The van der Waals surface area contributed by atoms with E-state index in [0.717, 1.165) is 40.8 Å². The molecule has 5 rings (SSSR count). The number of nitrogens with one attached hydrogen (secondary N) is 2. The molecule has 0 unspecified atom stereocenters. The van der Waals surface area contributed by atoms with Gasteiger partial charge in [-0.1, -0.05) is 33.4 Å². The SMILES string of the molecule is C=CC(=O)N1CC2(CC(n3c(NC(=O)c4ccc(C(F)F)s4)nc4cc(CN[C@@H](C)C(C)(C)C)ccc43)C2)C1. The molecule has 2 aliphatic rings. The van der Waals surface area contributed by atoms with Gasteiger partial charge < -0.3 is 14.8 Å². The molecule has 0 radical (unpaired) electrons. The van der Waals surface area contributed by atoms with Crippen molar-refractivity contribution in [2.24, 2.45) is 10.8 Å². The van der Waals surface area contributed by atoms with E-state index in [9.17, 15) is 18.4 Å². The van der Waals surface area contributed by atoms with E-state index in [4.69, 9.17) is 4.98 Å². The van der Waals surface area contributed by atoms with E-state index in [1.807, 2.05) is 12.1 Å². The molecule has 2 aromatic heterocycles. The monoisotopic (exact) mass is 555 g/mol. The van der Waals surface area contributed by atoms with Crippen LogP contribution >= 0.6 is 11.3 Å². The van der Waals surface area contributed by atoms with E-state index < -0.39 is 12.3 Å². The van der Waals surface area contributed by atoms with Gasteiger partial charge >= 0.3 is 0 Å². The van der Waals surface area contributed by atoms with E-state index in [2.05, 4.69) is 55.5 Å². The molecule has 1 aromatic carbocycles. The summed E-state index contributed by atoms with van der Waals surface area (Å²) < 4.78 is 28.2. The van der Waals surface area contributed by atoms with Crippen LogP contribution < -0.4 is 10.6 Å². The fraction of sp³-hybridized carbons (Fsp3) is 0.483. The Labute approximate surface area is 231 Å². The number of thiophene rings is 1. The van der Waals surface area contributed by atoms with Crippen molar-refractivity contribution in [2.75, 3.05) is 18.4 Å². The number of aromatic nitrogens is 2. The second-order valence-corrected chi connectivity index (χ2v) is 13.1. The molecule has 1 atom stereocenters. The van der Waals surface area contributed by atoms with Crippen molar-refractivity contribution in [3.05, 3.63) is 58.3 Å². The van der Waals surface area contributed by atoms with Crippen LogP contribution in [0.3, 0.4) is 0 Å². The smallest absolute Gasteiger partial charge is 0.272 e. The molecule has 7 nitrogen and oxygen atoms in total. The highest BCUT2D eigenvalue weighted by Crippen LogP contribution is 2.55. The second kappa shape index (κ2) is 10.1. The van der Waals surface area contributed by atoms with Gasteiger partial charge in [-0.15, -0.1) is 11.3 Å². The third-order valence-corrected chi connectivity index (χ3v) is 9.29. The van der Waals surface area contributed by atoms with E-state index in [1.54, 1.807) is 4.90 Å². The first kappa shape index (κ1) is 27.5. The highest BCUT2D eigenvalue weighted by Gasteiger charge is 2.54. The largest absolute Gasteiger partial charge is 0.338 e. The van der Waals surface area contributed by atoms with Crippen molar-refractivity contribution < 1.29 is 18.4 Å². The summed E-state index contributed by atoms with van der Waals surface area (Å²) in [4.78, 5) is 31.6. The van der Waals surface area contributed by atoms with E-state index in [1.165, 1.54) is 18.2 Å². The average Bonchev–Trinajstić information content (AvgIpc) is 3.45. The first-order valence-corrected chi connectivity index (χ1v) is 14.1. The Morgan fingerprint density at radius 3 is 2.56 bits per heavy atom. The zero-order valence-electron chi connectivity index (χ0n) is 22.8. The lowest BCUT2D eigenvalue weighted by molar-refractivity contribution is -0.148. The highest BCUT2D eigenvalue weighted by atomic mass is 32.1. The fourth-order valence-corrected chi connectivity index (χ4v) is 6.23. The topological polar surface area (TPSA) is 79.3 Å². The Hall–Kier alpha value is -3.11. The highest BCUT2D eigenvalue weighted by molar-refractivity contribution is 7.14. The number of carbonyl (C=O) groups is 2. The van der Waals surface area contributed by atoms with Gasteiger partial charge in [-0.25, -0.2) is 13.8 Å². The normalized spacial score (nSPS) is 17.8. The maximum absolute atomic E-state index is 13.1. The van der Waals surface area contributed by atoms with Crippen molar-refractivity contribution in [1.29, 1.82) is 0 Å². The zero-order valence-corrected chi connectivity index (χ0v) is 23.6. The van der Waals surface area contributed by atoms with Crippen LogP contribution in [0.5, 0.6) is 0 Å². The Morgan fingerprint density at radius 1 is 1.23 bits per heavy atom. The van der Waals surface area contributed by atoms with Crippen LogP contribution in [-0.4, -0.2) is 45.4 Å². The van der Waals surface area contributed by atoms with Gasteiger partial charge in [0.15, 0.2) is 0 Å². The lowest BCUT2D eigenvalue weighted by Gasteiger charge is -2.59. The summed E-state index contributed by atoms with van der Waals surface area (Å²) in [7, 11) is 0. The molecule has 2 fully saturated rings. The summed E-state index contributed by atoms with van der Waals surface area (Å²) in [6.07, 6.45) is 0.459. The molecule has 2 N–H and O–H groups in total. The summed E-state index contributed by atoms with van der Waals surface area (Å²) in [6.45, 7) is 14.4. The maximum Gasteiger partial charge on any atom is 0.272 e.